The first kappa shape index (κ1) is 18.6. The summed E-state index contributed by atoms with van der Waals surface area (Å²) in [5, 5.41) is 6.11. The second-order valence-corrected chi connectivity index (χ2v) is 6.55. The average Bonchev–Trinajstić information content (AvgIpc) is 2.74. The third-order valence-corrected chi connectivity index (χ3v) is 4.48. The van der Waals surface area contributed by atoms with Crippen LogP contribution in [0.2, 0.25) is 0 Å². The van der Waals surface area contributed by atoms with E-state index in [9.17, 15) is 9.59 Å². The summed E-state index contributed by atoms with van der Waals surface area (Å²) in [4.78, 5) is 32.1. The minimum atomic E-state index is -0.802. The monoisotopic (exact) mass is 353 g/mol. The molecule has 3 amide bonds. The molecule has 2 N–H and O–H groups in total. The predicted molar refractivity (Wildman–Crippen MR) is 93.0 cm³/mol. The molecule has 8 heteroatoms. The zero-order valence-electron chi connectivity index (χ0n) is 14.0. The number of rotatable bonds is 4. The molecule has 1 atom stereocenters. The Morgan fingerprint density at radius 2 is 2.12 bits per heavy atom. The number of aromatic nitrogens is 1. The molecule has 2 aliphatic heterocycles. The Balaban J connectivity index is 0.00000208. The number of nitrogens with zero attached hydrogens (tertiary/aromatic N) is 3. The van der Waals surface area contributed by atoms with Gasteiger partial charge in [-0.2, -0.15) is 0 Å². The van der Waals surface area contributed by atoms with Crippen molar-refractivity contribution in [3.8, 4) is 0 Å². The fourth-order valence-corrected chi connectivity index (χ4v) is 3.17. The standard InChI is InChI=1S/C16H23N5O2.ClH/c1-16(2)14(22)21(15(23)19-16)9-8-20-7-6-18-11-13(20)12-4-3-5-17-10-12;/h3-5,10,13,18H,6-9,11H2,1-2H3,(H,19,23);1H. The molecule has 3 rings (SSSR count). The molecule has 0 bridgehead atoms. The predicted octanol–water partition coefficient (Wildman–Crippen LogP) is 0.780. The van der Waals surface area contributed by atoms with E-state index in [0.29, 0.717) is 13.1 Å². The number of imide groups is 1. The van der Waals surface area contributed by atoms with Gasteiger partial charge < -0.3 is 10.6 Å². The number of piperazine rings is 1. The first-order valence-electron chi connectivity index (χ1n) is 7.98. The number of hydrogen-bond acceptors (Lipinski definition) is 5. The van der Waals surface area contributed by atoms with E-state index in [1.807, 2.05) is 12.3 Å². The summed E-state index contributed by atoms with van der Waals surface area (Å²) in [6.07, 6.45) is 3.64. The fraction of sp³-hybridized carbons (Fsp3) is 0.562. The van der Waals surface area contributed by atoms with Crippen molar-refractivity contribution in [1.82, 2.24) is 25.4 Å². The van der Waals surface area contributed by atoms with Crippen molar-refractivity contribution in [3.63, 3.8) is 0 Å². The smallest absolute Gasteiger partial charge is 0.324 e. The topological polar surface area (TPSA) is 77.6 Å². The largest absolute Gasteiger partial charge is 0.325 e. The van der Waals surface area contributed by atoms with Crippen LogP contribution in [0.1, 0.15) is 25.5 Å². The average molecular weight is 354 g/mol. The van der Waals surface area contributed by atoms with Crippen molar-refractivity contribution < 1.29 is 9.59 Å². The molecular weight excluding hydrogens is 330 g/mol. The summed E-state index contributed by atoms with van der Waals surface area (Å²) < 4.78 is 0. The molecule has 2 fully saturated rings. The highest BCUT2D eigenvalue weighted by Gasteiger charge is 2.44. The third kappa shape index (κ3) is 3.68. The SMILES string of the molecule is CC1(C)NC(=O)N(CCN2CCNCC2c2cccnc2)C1=O.Cl. The van der Waals surface area contributed by atoms with Gasteiger partial charge in [0.15, 0.2) is 0 Å². The number of nitrogens with one attached hydrogen (secondary N) is 2. The molecule has 0 spiro atoms. The van der Waals surface area contributed by atoms with Crippen LogP contribution in [0.15, 0.2) is 24.5 Å². The van der Waals surface area contributed by atoms with Gasteiger partial charge in [-0.1, -0.05) is 6.07 Å². The Morgan fingerprint density at radius 1 is 1.33 bits per heavy atom. The molecule has 132 valence electrons. The number of hydrogen-bond donors (Lipinski definition) is 2. The van der Waals surface area contributed by atoms with Crippen molar-refractivity contribution in [3.05, 3.63) is 30.1 Å². The van der Waals surface area contributed by atoms with E-state index in [1.54, 1.807) is 20.0 Å². The van der Waals surface area contributed by atoms with E-state index in [-0.39, 0.29) is 30.4 Å². The van der Waals surface area contributed by atoms with Gasteiger partial charge >= 0.3 is 6.03 Å². The lowest BCUT2D eigenvalue weighted by molar-refractivity contribution is -0.130. The lowest BCUT2D eigenvalue weighted by Gasteiger charge is -2.36. The Morgan fingerprint density at radius 3 is 2.75 bits per heavy atom. The van der Waals surface area contributed by atoms with Gasteiger partial charge in [-0.05, 0) is 25.5 Å². The lowest BCUT2D eigenvalue weighted by Crippen LogP contribution is -2.49. The van der Waals surface area contributed by atoms with Crippen LogP contribution in [-0.2, 0) is 4.79 Å². The van der Waals surface area contributed by atoms with Gasteiger partial charge in [0.2, 0.25) is 0 Å². The molecule has 0 aromatic carbocycles. The van der Waals surface area contributed by atoms with E-state index in [0.717, 1.165) is 25.2 Å². The molecule has 2 saturated heterocycles. The van der Waals surface area contributed by atoms with Crippen LogP contribution in [0.4, 0.5) is 4.79 Å². The molecule has 1 aromatic heterocycles. The minimum absolute atomic E-state index is 0. The van der Waals surface area contributed by atoms with Crippen LogP contribution in [0.3, 0.4) is 0 Å². The maximum absolute atomic E-state index is 12.3. The summed E-state index contributed by atoms with van der Waals surface area (Å²) >= 11 is 0. The van der Waals surface area contributed by atoms with Gasteiger partial charge in [-0.3, -0.25) is 19.6 Å². The van der Waals surface area contributed by atoms with E-state index >= 15 is 0 Å². The number of halogens is 1. The van der Waals surface area contributed by atoms with Crippen molar-refractivity contribution in [1.29, 1.82) is 0 Å². The van der Waals surface area contributed by atoms with Gasteiger partial charge in [-0.25, -0.2) is 4.79 Å². The number of carbonyl (C=O) groups excluding carboxylic acids is 2. The van der Waals surface area contributed by atoms with Crippen molar-refractivity contribution >= 4 is 24.3 Å². The summed E-state index contributed by atoms with van der Waals surface area (Å²) in [5.74, 6) is -0.157. The Bertz CT molecular complexity index is 595. The summed E-state index contributed by atoms with van der Waals surface area (Å²) in [6.45, 7) is 7.17. The zero-order valence-corrected chi connectivity index (χ0v) is 14.8. The molecule has 0 aliphatic carbocycles. The second kappa shape index (κ2) is 7.46. The van der Waals surface area contributed by atoms with E-state index in [4.69, 9.17) is 0 Å². The molecule has 2 aliphatic rings. The van der Waals surface area contributed by atoms with Crippen LogP contribution in [0, 0.1) is 0 Å². The maximum atomic E-state index is 12.3. The second-order valence-electron chi connectivity index (χ2n) is 6.55. The first-order chi connectivity index (χ1) is 11.0. The normalized spacial score (nSPS) is 23.8. The highest BCUT2D eigenvalue weighted by Crippen LogP contribution is 2.22. The quantitative estimate of drug-likeness (QED) is 0.782. The Hall–Kier alpha value is -1.70. The molecule has 1 aromatic rings. The van der Waals surface area contributed by atoms with Gasteiger partial charge in [0.25, 0.3) is 5.91 Å². The van der Waals surface area contributed by atoms with E-state index < -0.39 is 5.54 Å². The van der Waals surface area contributed by atoms with E-state index in [2.05, 4.69) is 26.6 Å². The summed E-state index contributed by atoms with van der Waals surface area (Å²) in [7, 11) is 0. The van der Waals surface area contributed by atoms with Crippen LogP contribution in [0.25, 0.3) is 0 Å². The summed E-state index contributed by atoms with van der Waals surface area (Å²) in [6, 6.07) is 3.91. The van der Waals surface area contributed by atoms with Crippen LogP contribution < -0.4 is 10.6 Å². The Kier molecular flexibility index (Phi) is 5.79. The van der Waals surface area contributed by atoms with Gasteiger partial charge in [0.05, 0.1) is 0 Å². The van der Waals surface area contributed by atoms with Crippen LogP contribution in [0.5, 0.6) is 0 Å². The molecule has 3 heterocycles. The minimum Gasteiger partial charge on any atom is -0.324 e. The number of amides is 3. The van der Waals surface area contributed by atoms with Gasteiger partial charge in [0, 0.05) is 51.2 Å². The molecule has 0 saturated carbocycles. The Labute approximate surface area is 148 Å². The van der Waals surface area contributed by atoms with Crippen LogP contribution >= 0.6 is 12.4 Å². The molecule has 0 radical (unpaired) electrons. The lowest BCUT2D eigenvalue weighted by atomic mass is 10.1. The van der Waals surface area contributed by atoms with E-state index in [1.165, 1.54) is 4.90 Å². The number of pyridine rings is 1. The fourth-order valence-electron chi connectivity index (χ4n) is 3.17. The number of urea groups is 1. The first-order valence-corrected chi connectivity index (χ1v) is 7.98. The van der Waals surface area contributed by atoms with Crippen molar-refractivity contribution in [2.75, 3.05) is 32.7 Å². The van der Waals surface area contributed by atoms with Crippen molar-refractivity contribution in [2.45, 2.75) is 25.4 Å². The summed E-state index contributed by atoms with van der Waals surface area (Å²) in [5.41, 5.74) is 0.348. The number of carbonyl (C=O) groups is 2. The highest BCUT2D eigenvalue weighted by atomic mass is 35.5. The molecule has 7 nitrogen and oxygen atoms in total. The van der Waals surface area contributed by atoms with Gasteiger partial charge in [-0.15, -0.1) is 12.4 Å². The molecular formula is C16H24ClN5O2. The van der Waals surface area contributed by atoms with Crippen molar-refractivity contribution in [2.24, 2.45) is 0 Å². The third-order valence-electron chi connectivity index (χ3n) is 4.48. The maximum Gasteiger partial charge on any atom is 0.325 e. The zero-order chi connectivity index (χ0) is 16.4. The van der Waals surface area contributed by atoms with Gasteiger partial charge in [0.1, 0.15) is 5.54 Å². The molecule has 1 unspecified atom stereocenters. The van der Waals surface area contributed by atoms with Crippen LogP contribution in [-0.4, -0.2) is 65.0 Å². The highest BCUT2D eigenvalue weighted by molar-refractivity contribution is 6.06. The molecule has 24 heavy (non-hydrogen) atoms.